The molecule has 0 bridgehead atoms. The predicted molar refractivity (Wildman–Crippen MR) is 74.1 cm³/mol. The zero-order valence-electron chi connectivity index (χ0n) is 10.2. The number of aromatic hydroxyl groups is 1. The Morgan fingerprint density at radius 1 is 1.39 bits per heavy atom. The van der Waals surface area contributed by atoms with Crippen LogP contribution >= 0.6 is 0 Å². The van der Waals surface area contributed by atoms with Gasteiger partial charge in [-0.1, -0.05) is 13.2 Å². The van der Waals surface area contributed by atoms with Gasteiger partial charge >= 0.3 is 0 Å². The third kappa shape index (κ3) is 3.21. The second-order valence-electron chi connectivity index (χ2n) is 3.93. The Kier molecular flexibility index (Phi) is 3.89. The Morgan fingerprint density at radius 3 is 2.50 bits per heavy atom. The number of phenolic OH excluding ortho intramolecular Hbond substituents is 1. The fraction of sp³-hybridized carbons (Fsp3) is 0.0769. The van der Waals surface area contributed by atoms with Crippen molar-refractivity contribution in [2.45, 2.75) is 6.92 Å². The van der Waals surface area contributed by atoms with E-state index in [9.17, 15) is 10.2 Å². The summed E-state index contributed by atoms with van der Waals surface area (Å²) in [5, 5.41) is 22.0. The van der Waals surface area contributed by atoms with Crippen molar-refractivity contribution in [3.8, 4) is 5.75 Å². The van der Waals surface area contributed by atoms with E-state index in [2.05, 4.69) is 18.5 Å². The fourth-order valence-electron chi connectivity index (χ4n) is 1.33. The van der Waals surface area contributed by atoms with Crippen LogP contribution in [0.4, 0.5) is 11.4 Å². The maximum absolute atomic E-state index is 9.77. The fourth-order valence-corrected chi connectivity index (χ4v) is 1.33. The Labute approximate surface area is 106 Å². The highest BCUT2D eigenvalue weighted by molar-refractivity contribution is 5.69. The molecule has 1 rings (SSSR count). The lowest BCUT2D eigenvalue weighted by Crippen LogP contribution is -2.05. The summed E-state index contributed by atoms with van der Waals surface area (Å²) < 4.78 is 0. The average Bonchev–Trinajstić information content (AvgIpc) is 2.23. The molecule has 96 valence electrons. The van der Waals surface area contributed by atoms with Crippen molar-refractivity contribution in [3.63, 3.8) is 0 Å². The highest BCUT2D eigenvalue weighted by Gasteiger charge is 2.08. The molecule has 0 aliphatic heterocycles. The minimum absolute atomic E-state index is 0.0106. The Balaban J connectivity index is 3.13. The average molecular weight is 247 g/mol. The number of nitrogens with two attached hydrogens (primary N) is 2. The van der Waals surface area contributed by atoms with Crippen LogP contribution in [0, 0.1) is 6.92 Å². The molecule has 0 radical (unpaired) electrons. The van der Waals surface area contributed by atoms with E-state index in [4.69, 9.17) is 11.5 Å². The summed E-state index contributed by atoms with van der Waals surface area (Å²) >= 11 is 0. The maximum Gasteiger partial charge on any atom is 0.139 e. The molecule has 1 aromatic rings. The first-order chi connectivity index (χ1) is 8.31. The Morgan fingerprint density at radius 2 is 2.00 bits per heavy atom. The van der Waals surface area contributed by atoms with E-state index in [1.165, 1.54) is 12.1 Å². The summed E-state index contributed by atoms with van der Waals surface area (Å²) in [4.78, 5) is 0. The van der Waals surface area contributed by atoms with Gasteiger partial charge in [-0.15, -0.1) is 0 Å². The molecule has 0 heterocycles. The quantitative estimate of drug-likeness (QED) is 0.184. The molecule has 5 heteroatoms. The topological polar surface area (TPSA) is 105 Å². The van der Waals surface area contributed by atoms with Gasteiger partial charge in [0.1, 0.15) is 11.5 Å². The van der Waals surface area contributed by atoms with Gasteiger partial charge in [0.25, 0.3) is 0 Å². The minimum Gasteiger partial charge on any atom is -0.506 e. The molecule has 0 saturated carbocycles. The summed E-state index contributed by atoms with van der Waals surface area (Å²) in [6.07, 6.45) is 1.40. The van der Waals surface area contributed by atoms with Crippen molar-refractivity contribution < 1.29 is 10.2 Å². The number of benzene rings is 1. The molecule has 0 aliphatic carbocycles. The van der Waals surface area contributed by atoms with E-state index in [1.807, 2.05) is 0 Å². The molecule has 0 aromatic heterocycles. The molecular weight excluding hydrogens is 230 g/mol. The summed E-state index contributed by atoms with van der Waals surface area (Å²) in [5.74, 6) is -0.211. The van der Waals surface area contributed by atoms with Crippen LogP contribution < -0.4 is 16.8 Å². The van der Waals surface area contributed by atoms with Crippen molar-refractivity contribution >= 4 is 11.4 Å². The number of hydrogen-bond donors (Lipinski definition) is 5. The number of anilines is 2. The SMILES string of the molecule is C=C(N)/C=C(/Nc1cc(N)c(C)cc1O)C(=C)O. The van der Waals surface area contributed by atoms with Gasteiger partial charge in [0.05, 0.1) is 11.4 Å². The van der Waals surface area contributed by atoms with Crippen LogP contribution in [-0.2, 0) is 0 Å². The van der Waals surface area contributed by atoms with Crippen molar-refractivity contribution in [2.24, 2.45) is 5.73 Å². The van der Waals surface area contributed by atoms with Crippen LogP contribution in [0.2, 0.25) is 0 Å². The number of phenols is 1. The lowest BCUT2D eigenvalue weighted by Gasteiger charge is -2.13. The van der Waals surface area contributed by atoms with Gasteiger partial charge in [-0.25, -0.2) is 0 Å². The lowest BCUT2D eigenvalue weighted by molar-refractivity contribution is 0.427. The van der Waals surface area contributed by atoms with Crippen LogP contribution in [0.1, 0.15) is 5.56 Å². The van der Waals surface area contributed by atoms with E-state index in [1.54, 1.807) is 13.0 Å². The van der Waals surface area contributed by atoms with Crippen LogP contribution in [0.5, 0.6) is 5.75 Å². The zero-order chi connectivity index (χ0) is 13.9. The first kappa shape index (κ1) is 13.5. The number of aryl methyl sites for hydroxylation is 1. The third-order valence-electron chi connectivity index (χ3n) is 2.29. The van der Waals surface area contributed by atoms with Gasteiger partial charge in [0.15, 0.2) is 0 Å². The second-order valence-corrected chi connectivity index (χ2v) is 3.93. The second kappa shape index (κ2) is 5.18. The number of hydrogen-bond acceptors (Lipinski definition) is 5. The van der Waals surface area contributed by atoms with Crippen LogP contribution in [0.25, 0.3) is 0 Å². The smallest absolute Gasteiger partial charge is 0.139 e. The zero-order valence-corrected chi connectivity index (χ0v) is 10.2. The first-order valence-electron chi connectivity index (χ1n) is 5.21. The standard InChI is InChI=1S/C13H17N3O2/c1-7-4-13(18)12(6-10(7)15)16-11(9(3)17)5-8(2)14/h4-6,16-18H,2-3,14-15H2,1H3/b11-5+. The molecule has 7 N–H and O–H groups in total. The summed E-state index contributed by atoms with van der Waals surface area (Å²) in [5.41, 5.74) is 13.3. The van der Waals surface area contributed by atoms with Crippen LogP contribution in [0.15, 0.2) is 48.5 Å². The molecule has 0 unspecified atom stereocenters. The van der Waals surface area contributed by atoms with Gasteiger partial charge in [-0.2, -0.15) is 0 Å². The van der Waals surface area contributed by atoms with Gasteiger partial charge in [0.2, 0.25) is 0 Å². The van der Waals surface area contributed by atoms with E-state index >= 15 is 0 Å². The van der Waals surface area contributed by atoms with Gasteiger partial charge in [-0.3, -0.25) is 0 Å². The molecule has 5 nitrogen and oxygen atoms in total. The van der Waals surface area contributed by atoms with E-state index in [0.717, 1.165) is 5.56 Å². The number of nitrogen functional groups attached to an aromatic ring is 1. The van der Waals surface area contributed by atoms with Gasteiger partial charge in [0, 0.05) is 11.4 Å². The highest BCUT2D eigenvalue weighted by Crippen LogP contribution is 2.30. The number of allylic oxidation sites excluding steroid dienone is 1. The molecule has 0 saturated heterocycles. The normalized spacial score (nSPS) is 11.1. The monoisotopic (exact) mass is 247 g/mol. The lowest BCUT2D eigenvalue weighted by atomic mass is 10.1. The number of aliphatic hydroxyl groups excluding tert-OH is 1. The summed E-state index contributed by atoms with van der Waals surface area (Å²) in [6, 6.07) is 3.08. The number of aliphatic hydroxyl groups is 1. The van der Waals surface area contributed by atoms with Crippen molar-refractivity contribution in [1.82, 2.24) is 0 Å². The molecule has 0 aliphatic rings. The first-order valence-corrected chi connectivity index (χ1v) is 5.21. The van der Waals surface area contributed by atoms with E-state index in [-0.39, 0.29) is 22.9 Å². The molecule has 0 spiro atoms. The van der Waals surface area contributed by atoms with Crippen molar-refractivity contribution in [3.05, 3.63) is 54.1 Å². The molecule has 0 atom stereocenters. The summed E-state index contributed by atoms with van der Waals surface area (Å²) in [7, 11) is 0. The van der Waals surface area contributed by atoms with E-state index in [0.29, 0.717) is 11.4 Å². The Hall–Kier alpha value is -2.56. The predicted octanol–water partition coefficient (Wildman–Crippen LogP) is 2.12. The van der Waals surface area contributed by atoms with Crippen LogP contribution in [0.3, 0.4) is 0 Å². The van der Waals surface area contributed by atoms with Gasteiger partial charge < -0.3 is 27.0 Å². The third-order valence-corrected chi connectivity index (χ3v) is 2.29. The van der Waals surface area contributed by atoms with Crippen LogP contribution in [-0.4, -0.2) is 10.2 Å². The number of nitrogens with one attached hydrogen (secondary N) is 1. The minimum atomic E-state index is -0.222. The summed E-state index contributed by atoms with van der Waals surface area (Å²) in [6.45, 7) is 8.66. The van der Waals surface area contributed by atoms with E-state index < -0.39 is 0 Å². The molecule has 0 fully saturated rings. The van der Waals surface area contributed by atoms with Crippen molar-refractivity contribution in [2.75, 3.05) is 11.1 Å². The number of rotatable bonds is 4. The highest BCUT2D eigenvalue weighted by atomic mass is 16.3. The molecule has 1 aromatic carbocycles. The maximum atomic E-state index is 9.77. The largest absolute Gasteiger partial charge is 0.506 e. The van der Waals surface area contributed by atoms with Gasteiger partial charge in [-0.05, 0) is 30.7 Å². The molecular formula is C13H17N3O2. The van der Waals surface area contributed by atoms with Crippen molar-refractivity contribution in [1.29, 1.82) is 0 Å². The molecule has 18 heavy (non-hydrogen) atoms. The Bertz CT molecular complexity index is 533. The molecule has 0 amide bonds.